The Morgan fingerprint density at radius 3 is 2.30 bits per heavy atom. The zero-order chi connectivity index (χ0) is 16.2. The molecule has 1 amide bonds. The second kappa shape index (κ2) is 7.11. The smallest absolute Gasteiger partial charge is 0.247 e. The highest BCUT2D eigenvalue weighted by atomic mass is 79.9. The number of nitrogens with zero attached hydrogens (tertiary/aromatic N) is 1. The highest BCUT2D eigenvalue weighted by Crippen LogP contribution is 2.39. The van der Waals surface area contributed by atoms with Crippen LogP contribution in [0.3, 0.4) is 0 Å². The van der Waals surface area contributed by atoms with Crippen molar-refractivity contribution in [1.29, 1.82) is 0 Å². The van der Waals surface area contributed by atoms with Crippen LogP contribution < -0.4 is 0 Å². The molecule has 0 fully saturated rings. The molecule has 4 heteroatoms. The summed E-state index contributed by atoms with van der Waals surface area (Å²) in [5, 5.41) is 2.00. The molecule has 118 valence electrons. The van der Waals surface area contributed by atoms with Crippen LogP contribution >= 0.6 is 15.9 Å². The normalized spacial score (nSPS) is 18.2. The van der Waals surface area contributed by atoms with E-state index in [1.807, 2.05) is 48.5 Å². The summed E-state index contributed by atoms with van der Waals surface area (Å²) in [5.74, 6) is -0.117. The molecule has 0 saturated carbocycles. The Labute approximate surface area is 144 Å². The fourth-order valence-corrected chi connectivity index (χ4v) is 3.39. The standard InChI is InChI=1S/C19H18BrNO2/c1-14(22)21-18(13-20)17(15-8-4-2-5-9-15)12-19(23-21)16-10-6-3-7-11-16/h2-11,19H,12-13H2,1H3. The van der Waals surface area contributed by atoms with Crippen molar-refractivity contribution in [3.05, 3.63) is 77.5 Å². The number of carbonyl (C=O) groups excluding carboxylic acids is 1. The molecule has 0 aromatic heterocycles. The van der Waals surface area contributed by atoms with E-state index in [1.54, 1.807) is 0 Å². The van der Waals surface area contributed by atoms with Crippen LogP contribution in [0.1, 0.15) is 30.6 Å². The molecule has 3 nitrogen and oxygen atoms in total. The quantitative estimate of drug-likeness (QED) is 0.730. The lowest BCUT2D eigenvalue weighted by Gasteiger charge is -2.35. The van der Waals surface area contributed by atoms with E-state index in [9.17, 15) is 4.79 Å². The Kier molecular flexibility index (Phi) is 4.94. The summed E-state index contributed by atoms with van der Waals surface area (Å²) in [6, 6.07) is 20.2. The van der Waals surface area contributed by atoms with Gasteiger partial charge in [-0.05, 0) is 16.7 Å². The van der Waals surface area contributed by atoms with Gasteiger partial charge in [0.25, 0.3) is 0 Å². The number of carbonyl (C=O) groups is 1. The fraction of sp³-hybridized carbons (Fsp3) is 0.211. The Hall–Kier alpha value is -1.91. The largest absolute Gasteiger partial charge is 0.273 e. The van der Waals surface area contributed by atoms with Crippen LogP contribution in [-0.2, 0) is 9.63 Å². The van der Waals surface area contributed by atoms with Crippen LogP contribution in [0.5, 0.6) is 0 Å². The van der Waals surface area contributed by atoms with Crippen molar-refractivity contribution >= 4 is 27.4 Å². The molecule has 0 bridgehead atoms. The molecule has 2 aromatic carbocycles. The molecule has 1 heterocycles. The Balaban J connectivity index is 2.06. The number of allylic oxidation sites excluding steroid dienone is 1. The third kappa shape index (κ3) is 3.38. The van der Waals surface area contributed by atoms with Crippen LogP contribution in [0.15, 0.2) is 66.4 Å². The topological polar surface area (TPSA) is 29.5 Å². The van der Waals surface area contributed by atoms with Crippen LogP contribution in [0.4, 0.5) is 0 Å². The van der Waals surface area contributed by atoms with Crippen LogP contribution in [0.25, 0.3) is 5.57 Å². The van der Waals surface area contributed by atoms with Gasteiger partial charge in [0.15, 0.2) is 0 Å². The summed E-state index contributed by atoms with van der Waals surface area (Å²) in [7, 11) is 0. The first kappa shape index (κ1) is 16.0. The molecule has 0 spiro atoms. The van der Waals surface area contributed by atoms with Gasteiger partial charge in [0.2, 0.25) is 5.91 Å². The van der Waals surface area contributed by atoms with E-state index in [-0.39, 0.29) is 12.0 Å². The molecular weight excluding hydrogens is 354 g/mol. The molecule has 2 aromatic rings. The minimum Gasteiger partial charge on any atom is -0.273 e. The van der Waals surface area contributed by atoms with Gasteiger partial charge >= 0.3 is 0 Å². The molecule has 3 rings (SSSR count). The zero-order valence-corrected chi connectivity index (χ0v) is 14.5. The number of amides is 1. The number of halogens is 1. The molecule has 0 saturated heterocycles. The SMILES string of the molecule is CC(=O)N1OC(c2ccccc2)CC(c2ccccc2)=C1CBr. The lowest BCUT2D eigenvalue weighted by atomic mass is 9.93. The van der Waals surface area contributed by atoms with Gasteiger partial charge in [-0.2, -0.15) is 5.06 Å². The van der Waals surface area contributed by atoms with Crippen molar-refractivity contribution < 1.29 is 9.63 Å². The van der Waals surface area contributed by atoms with Crippen molar-refractivity contribution in [2.45, 2.75) is 19.4 Å². The van der Waals surface area contributed by atoms with Gasteiger partial charge in [-0.1, -0.05) is 76.6 Å². The van der Waals surface area contributed by atoms with Gasteiger partial charge in [0, 0.05) is 18.7 Å². The minimum absolute atomic E-state index is 0.117. The van der Waals surface area contributed by atoms with E-state index in [2.05, 4.69) is 28.1 Å². The minimum atomic E-state index is -0.168. The van der Waals surface area contributed by atoms with Gasteiger partial charge in [-0.3, -0.25) is 9.63 Å². The number of hydroxylamine groups is 2. The Bertz CT molecular complexity index is 713. The van der Waals surface area contributed by atoms with Crippen LogP contribution in [0, 0.1) is 0 Å². The Morgan fingerprint density at radius 2 is 1.74 bits per heavy atom. The third-order valence-corrected chi connectivity index (χ3v) is 4.45. The molecule has 0 radical (unpaired) electrons. The summed E-state index contributed by atoms with van der Waals surface area (Å²) < 4.78 is 0. The van der Waals surface area contributed by atoms with Crippen molar-refractivity contribution in [2.24, 2.45) is 0 Å². The first-order chi connectivity index (χ1) is 11.2. The lowest BCUT2D eigenvalue weighted by molar-refractivity contribution is -0.194. The highest BCUT2D eigenvalue weighted by Gasteiger charge is 2.31. The third-order valence-electron chi connectivity index (χ3n) is 3.92. The predicted octanol–water partition coefficient (Wildman–Crippen LogP) is 4.72. The van der Waals surface area contributed by atoms with Gasteiger partial charge in [0.1, 0.15) is 6.10 Å². The second-order valence-electron chi connectivity index (χ2n) is 5.45. The fourth-order valence-electron chi connectivity index (χ4n) is 2.82. The first-order valence-corrected chi connectivity index (χ1v) is 8.68. The van der Waals surface area contributed by atoms with Crippen molar-refractivity contribution in [3.8, 4) is 0 Å². The Morgan fingerprint density at radius 1 is 1.13 bits per heavy atom. The molecule has 1 aliphatic rings. The van der Waals surface area contributed by atoms with Crippen molar-refractivity contribution in [2.75, 3.05) is 5.33 Å². The van der Waals surface area contributed by atoms with E-state index in [1.165, 1.54) is 12.0 Å². The molecule has 0 aliphatic carbocycles. The van der Waals surface area contributed by atoms with E-state index < -0.39 is 0 Å². The van der Waals surface area contributed by atoms with E-state index in [0.29, 0.717) is 5.33 Å². The molecule has 1 aliphatic heterocycles. The lowest BCUT2D eigenvalue weighted by Crippen LogP contribution is -2.35. The zero-order valence-electron chi connectivity index (χ0n) is 12.9. The van der Waals surface area contributed by atoms with Crippen molar-refractivity contribution in [3.63, 3.8) is 0 Å². The van der Waals surface area contributed by atoms with Crippen molar-refractivity contribution in [1.82, 2.24) is 5.06 Å². The van der Waals surface area contributed by atoms with Gasteiger partial charge in [-0.25, -0.2) is 0 Å². The maximum Gasteiger partial charge on any atom is 0.247 e. The molecule has 0 N–H and O–H groups in total. The molecule has 1 unspecified atom stereocenters. The van der Waals surface area contributed by atoms with E-state index in [0.717, 1.165) is 28.8 Å². The number of hydrogen-bond acceptors (Lipinski definition) is 2. The summed E-state index contributed by atoms with van der Waals surface area (Å²) in [6.45, 7) is 1.53. The summed E-state index contributed by atoms with van der Waals surface area (Å²) >= 11 is 3.50. The van der Waals surface area contributed by atoms with E-state index >= 15 is 0 Å². The van der Waals surface area contributed by atoms with Gasteiger partial charge < -0.3 is 0 Å². The molecule has 1 atom stereocenters. The maximum absolute atomic E-state index is 12.1. The first-order valence-electron chi connectivity index (χ1n) is 7.56. The van der Waals surface area contributed by atoms with Gasteiger partial charge in [-0.15, -0.1) is 0 Å². The predicted molar refractivity (Wildman–Crippen MR) is 94.6 cm³/mol. The number of hydrogen-bond donors (Lipinski definition) is 0. The van der Waals surface area contributed by atoms with Gasteiger partial charge in [0.05, 0.1) is 5.70 Å². The highest BCUT2D eigenvalue weighted by molar-refractivity contribution is 9.09. The van der Waals surface area contributed by atoms with E-state index in [4.69, 9.17) is 4.84 Å². The second-order valence-corrected chi connectivity index (χ2v) is 6.01. The number of alkyl halides is 1. The average molecular weight is 372 g/mol. The summed E-state index contributed by atoms with van der Waals surface area (Å²) in [5.41, 5.74) is 4.20. The molecular formula is C19H18BrNO2. The van der Waals surface area contributed by atoms with Crippen LogP contribution in [0.2, 0.25) is 0 Å². The summed E-state index contributed by atoms with van der Waals surface area (Å²) in [6.07, 6.45) is 0.566. The monoisotopic (exact) mass is 371 g/mol. The number of rotatable bonds is 3. The molecule has 23 heavy (non-hydrogen) atoms. The maximum atomic E-state index is 12.1. The number of benzene rings is 2. The average Bonchev–Trinajstić information content (AvgIpc) is 2.62. The van der Waals surface area contributed by atoms with Crippen LogP contribution in [-0.4, -0.2) is 16.3 Å². The summed E-state index contributed by atoms with van der Waals surface area (Å²) in [4.78, 5) is 18.1.